The maximum absolute atomic E-state index is 12.6. The van der Waals surface area contributed by atoms with Crippen molar-refractivity contribution in [3.63, 3.8) is 0 Å². The van der Waals surface area contributed by atoms with E-state index in [1.165, 1.54) is 0 Å². The molecule has 126 valence electrons. The highest BCUT2D eigenvalue weighted by molar-refractivity contribution is 5.88. The number of carbonyl (C=O) groups excluding carboxylic acids is 1. The maximum Gasteiger partial charge on any atom is 0.308 e. The quantitative estimate of drug-likeness (QED) is 0.866. The number of hydrogen-bond acceptors (Lipinski definition) is 4. The molecule has 2 unspecified atom stereocenters. The van der Waals surface area contributed by atoms with Crippen molar-refractivity contribution in [2.45, 2.75) is 39.2 Å². The third kappa shape index (κ3) is 3.57. The van der Waals surface area contributed by atoms with Crippen LogP contribution < -0.4 is 14.8 Å². The fourth-order valence-corrected chi connectivity index (χ4v) is 2.29. The Bertz CT molecular complexity index is 611. The molecule has 0 spiro atoms. The predicted molar refractivity (Wildman–Crippen MR) is 84.9 cm³/mol. The fourth-order valence-electron chi connectivity index (χ4n) is 2.29. The number of nitrogens with one attached hydrogen (secondary N) is 1. The number of carboxylic acid groups (broad SMARTS) is 1. The molecule has 2 rings (SSSR count). The average Bonchev–Trinajstić information content (AvgIpc) is 2.53. The minimum atomic E-state index is -0.935. The van der Waals surface area contributed by atoms with E-state index < -0.39 is 23.3 Å². The second-order valence-electron chi connectivity index (χ2n) is 6.37. The lowest BCUT2D eigenvalue weighted by Gasteiger charge is -2.29. The normalized spacial score (nSPS) is 16.3. The van der Waals surface area contributed by atoms with Crippen molar-refractivity contribution in [1.29, 1.82) is 0 Å². The first-order valence-corrected chi connectivity index (χ1v) is 7.67. The summed E-state index contributed by atoms with van der Waals surface area (Å²) in [7, 11) is 0. The monoisotopic (exact) mass is 321 g/mol. The van der Waals surface area contributed by atoms with Crippen molar-refractivity contribution >= 4 is 11.9 Å². The number of rotatable bonds is 5. The second kappa shape index (κ2) is 6.48. The lowest BCUT2D eigenvalue weighted by atomic mass is 9.83. The van der Waals surface area contributed by atoms with E-state index in [0.29, 0.717) is 24.7 Å². The van der Waals surface area contributed by atoms with Crippen molar-refractivity contribution < 1.29 is 24.2 Å². The Kier molecular flexibility index (Phi) is 4.82. The van der Waals surface area contributed by atoms with E-state index in [-0.39, 0.29) is 5.91 Å². The molecule has 0 aromatic heterocycles. The molecular formula is C17H23NO5. The molecule has 0 fully saturated rings. The van der Waals surface area contributed by atoms with Gasteiger partial charge in [-0.3, -0.25) is 9.59 Å². The SMILES string of the molecule is CC(NC(=O)C(C)(C)c1ccc2c(c1)OCCO2)C(C)C(=O)O. The number of amides is 1. The first-order chi connectivity index (χ1) is 10.7. The molecule has 1 amide bonds. The minimum Gasteiger partial charge on any atom is -0.486 e. The zero-order valence-electron chi connectivity index (χ0n) is 13.9. The molecule has 0 saturated carbocycles. The van der Waals surface area contributed by atoms with Crippen molar-refractivity contribution in [2.75, 3.05) is 13.2 Å². The molecule has 2 N–H and O–H groups in total. The van der Waals surface area contributed by atoms with Gasteiger partial charge in [-0.1, -0.05) is 6.07 Å². The summed E-state index contributed by atoms with van der Waals surface area (Å²) in [6, 6.07) is 4.97. The standard InChI is InChI=1S/C17H23NO5/c1-10(15(19)20)11(2)18-16(21)17(3,4)12-5-6-13-14(9-12)23-8-7-22-13/h5-6,9-11H,7-8H2,1-4H3,(H,18,21)(H,19,20). The molecule has 1 aliphatic rings. The van der Waals surface area contributed by atoms with E-state index >= 15 is 0 Å². The van der Waals surface area contributed by atoms with Gasteiger partial charge in [-0.2, -0.15) is 0 Å². The highest BCUT2D eigenvalue weighted by Crippen LogP contribution is 2.35. The van der Waals surface area contributed by atoms with Gasteiger partial charge in [0, 0.05) is 6.04 Å². The molecule has 1 aromatic rings. The van der Waals surface area contributed by atoms with E-state index in [9.17, 15) is 9.59 Å². The third-order valence-corrected chi connectivity index (χ3v) is 4.33. The minimum absolute atomic E-state index is 0.227. The Morgan fingerprint density at radius 1 is 1.17 bits per heavy atom. The van der Waals surface area contributed by atoms with Gasteiger partial charge in [0.25, 0.3) is 0 Å². The molecule has 6 nitrogen and oxygen atoms in total. The van der Waals surface area contributed by atoms with Gasteiger partial charge in [0.2, 0.25) is 5.91 Å². The number of benzene rings is 1. The van der Waals surface area contributed by atoms with Crippen molar-refractivity contribution in [2.24, 2.45) is 5.92 Å². The van der Waals surface area contributed by atoms with Crippen molar-refractivity contribution in [3.8, 4) is 11.5 Å². The average molecular weight is 321 g/mol. The zero-order chi connectivity index (χ0) is 17.2. The summed E-state index contributed by atoms with van der Waals surface area (Å²) in [6.45, 7) is 7.86. The lowest BCUT2D eigenvalue weighted by molar-refractivity contribution is -0.142. The molecule has 6 heteroatoms. The number of hydrogen-bond donors (Lipinski definition) is 2. The summed E-state index contributed by atoms with van der Waals surface area (Å²) in [5.74, 6) is -0.523. The fraction of sp³-hybridized carbons (Fsp3) is 0.529. The van der Waals surface area contributed by atoms with Crippen LogP contribution in [0.3, 0.4) is 0 Å². The summed E-state index contributed by atoms with van der Waals surface area (Å²) >= 11 is 0. The Labute approximate surface area is 135 Å². The third-order valence-electron chi connectivity index (χ3n) is 4.33. The Balaban J connectivity index is 2.17. The van der Waals surface area contributed by atoms with Gasteiger partial charge < -0.3 is 19.9 Å². The van der Waals surface area contributed by atoms with Crippen LogP contribution in [0.1, 0.15) is 33.3 Å². The first kappa shape index (κ1) is 17.1. The molecule has 1 aromatic carbocycles. The predicted octanol–water partition coefficient (Wildman–Crippen LogP) is 1.96. The largest absolute Gasteiger partial charge is 0.486 e. The number of ether oxygens (including phenoxy) is 2. The Hall–Kier alpha value is -2.24. The Morgan fingerprint density at radius 2 is 1.78 bits per heavy atom. The van der Waals surface area contributed by atoms with Gasteiger partial charge in [0.05, 0.1) is 11.3 Å². The van der Waals surface area contributed by atoms with Crippen molar-refractivity contribution in [3.05, 3.63) is 23.8 Å². The van der Waals surface area contributed by atoms with Gasteiger partial charge in [-0.25, -0.2) is 0 Å². The molecular weight excluding hydrogens is 298 g/mol. The summed E-state index contributed by atoms with van der Waals surface area (Å²) in [4.78, 5) is 23.6. The lowest BCUT2D eigenvalue weighted by Crippen LogP contribution is -2.47. The van der Waals surface area contributed by atoms with Crippen LogP contribution in [0, 0.1) is 5.92 Å². The van der Waals surface area contributed by atoms with Crippen LogP contribution in [-0.2, 0) is 15.0 Å². The van der Waals surface area contributed by atoms with Crippen molar-refractivity contribution in [1.82, 2.24) is 5.32 Å². The summed E-state index contributed by atoms with van der Waals surface area (Å²) in [5.41, 5.74) is -0.0306. The van der Waals surface area contributed by atoms with Crippen LogP contribution >= 0.6 is 0 Å². The summed E-state index contributed by atoms with van der Waals surface area (Å²) in [5, 5.41) is 11.8. The van der Waals surface area contributed by atoms with Crippen LogP contribution in [0.25, 0.3) is 0 Å². The van der Waals surface area contributed by atoms with Gasteiger partial charge >= 0.3 is 5.97 Å². The van der Waals surface area contributed by atoms with E-state index in [4.69, 9.17) is 14.6 Å². The van der Waals surface area contributed by atoms with E-state index in [2.05, 4.69) is 5.32 Å². The zero-order valence-corrected chi connectivity index (χ0v) is 13.9. The molecule has 1 heterocycles. The van der Waals surface area contributed by atoms with E-state index in [1.807, 2.05) is 6.07 Å². The van der Waals surface area contributed by atoms with Crippen LogP contribution in [0.4, 0.5) is 0 Å². The summed E-state index contributed by atoms with van der Waals surface area (Å²) in [6.07, 6.45) is 0. The van der Waals surface area contributed by atoms with Gasteiger partial charge in [0.1, 0.15) is 13.2 Å². The van der Waals surface area contributed by atoms with Gasteiger partial charge in [-0.15, -0.1) is 0 Å². The van der Waals surface area contributed by atoms with Crippen LogP contribution in [0.5, 0.6) is 11.5 Å². The van der Waals surface area contributed by atoms with Gasteiger partial charge in [0.15, 0.2) is 11.5 Å². The van der Waals surface area contributed by atoms with E-state index in [0.717, 1.165) is 5.56 Å². The molecule has 1 aliphatic heterocycles. The van der Waals surface area contributed by atoms with Crippen LogP contribution in [0.2, 0.25) is 0 Å². The van der Waals surface area contributed by atoms with Crippen LogP contribution in [-0.4, -0.2) is 36.2 Å². The number of fused-ring (bicyclic) bond motifs is 1. The molecule has 23 heavy (non-hydrogen) atoms. The maximum atomic E-state index is 12.6. The second-order valence-corrected chi connectivity index (χ2v) is 6.37. The number of aliphatic carboxylic acids is 1. The molecule has 2 atom stereocenters. The summed E-state index contributed by atoms with van der Waals surface area (Å²) < 4.78 is 11.0. The Morgan fingerprint density at radius 3 is 2.39 bits per heavy atom. The topological polar surface area (TPSA) is 84.9 Å². The smallest absolute Gasteiger partial charge is 0.308 e. The van der Waals surface area contributed by atoms with Crippen LogP contribution in [0.15, 0.2) is 18.2 Å². The van der Waals surface area contributed by atoms with E-state index in [1.54, 1.807) is 39.8 Å². The molecule has 0 radical (unpaired) electrons. The molecule has 0 aliphatic carbocycles. The number of carboxylic acids is 1. The molecule has 0 saturated heterocycles. The van der Waals surface area contributed by atoms with Gasteiger partial charge in [-0.05, 0) is 45.4 Å². The number of carbonyl (C=O) groups is 2. The molecule has 0 bridgehead atoms. The highest BCUT2D eigenvalue weighted by atomic mass is 16.6. The first-order valence-electron chi connectivity index (χ1n) is 7.67. The highest BCUT2D eigenvalue weighted by Gasteiger charge is 2.33.